The number of nitrogens with one attached hydrogen (secondary N) is 1. The molecule has 0 atom stereocenters. The van der Waals surface area contributed by atoms with Crippen LogP contribution in [0.5, 0.6) is 0 Å². The second-order valence-electron chi connectivity index (χ2n) is 5.32. The Morgan fingerprint density at radius 1 is 1.00 bits per heavy atom. The number of benzene rings is 2. The quantitative estimate of drug-likeness (QED) is 0.943. The molecule has 0 aliphatic rings. The highest BCUT2D eigenvalue weighted by atomic mass is 16.2. The first-order valence-corrected chi connectivity index (χ1v) is 7.15. The van der Waals surface area contributed by atoms with E-state index in [0.29, 0.717) is 5.56 Å². The first kappa shape index (κ1) is 15.8. The molecule has 0 radical (unpaired) electrons. The van der Waals surface area contributed by atoms with E-state index in [9.17, 15) is 9.59 Å². The van der Waals surface area contributed by atoms with Crippen molar-refractivity contribution in [2.24, 2.45) is 0 Å². The van der Waals surface area contributed by atoms with Gasteiger partial charge in [-0.1, -0.05) is 30.3 Å². The molecule has 0 aliphatic heterocycles. The van der Waals surface area contributed by atoms with Crippen molar-refractivity contribution in [3.8, 4) is 0 Å². The minimum absolute atomic E-state index is 0.0150. The van der Waals surface area contributed by atoms with Gasteiger partial charge in [0.2, 0.25) is 5.91 Å². The van der Waals surface area contributed by atoms with Gasteiger partial charge >= 0.3 is 0 Å². The number of rotatable bonds is 4. The predicted molar refractivity (Wildman–Crippen MR) is 87.9 cm³/mol. The number of hydrogen-bond acceptors (Lipinski definition) is 2. The Balaban J connectivity index is 2.02. The molecule has 2 amide bonds. The molecule has 1 N–H and O–H groups in total. The van der Waals surface area contributed by atoms with Gasteiger partial charge < -0.3 is 10.2 Å². The molecule has 114 valence electrons. The van der Waals surface area contributed by atoms with E-state index in [0.717, 1.165) is 16.8 Å². The summed E-state index contributed by atoms with van der Waals surface area (Å²) >= 11 is 0. The lowest BCUT2D eigenvalue weighted by atomic mass is 10.0. The van der Waals surface area contributed by atoms with Crippen LogP contribution in [0.15, 0.2) is 48.5 Å². The SMILES string of the molecule is Cc1cccc(C(=O)N(C)CC(=O)Nc2ccccc2)c1C. The van der Waals surface area contributed by atoms with E-state index in [4.69, 9.17) is 0 Å². The highest BCUT2D eigenvalue weighted by Crippen LogP contribution is 2.14. The van der Waals surface area contributed by atoms with Gasteiger partial charge in [-0.05, 0) is 43.2 Å². The number of nitrogens with zero attached hydrogens (tertiary/aromatic N) is 1. The summed E-state index contributed by atoms with van der Waals surface area (Å²) in [6, 6.07) is 14.8. The van der Waals surface area contributed by atoms with Gasteiger partial charge in [-0.15, -0.1) is 0 Å². The largest absolute Gasteiger partial charge is 0.332 e. The summed E-state index contributed by atoms with van der Waals surface area (Å²) in [5.74, 6) is -0.364. The number of amides is 2. The first-order valence-electron chi connectivity index (χ1n) is 7.15. The maximum Gasteiger partial charge on any atom is 0.254 e. The Labute approximate surface area is 130 Å². The molecule has 0 saturated carbocycles. The van der Waals surface area contributed by atoms with Crippen molar-refractivity contribution in [1.82, 2.24) is 4.90 Å². The maximum atomic E-state index is 12.5. The molecule has 22 heavy (non-hydrogen) atoms. The van der Waals surface area contributed by atoms with Gasteiger partial charge in [-0.2, -0.15) is 0 Å². The van der Waals surface area contributed by atoms with E-state index >= 15 is 0 Å². The van der Waals surface area contributed by atoms with Crippen LogP contribution in [0.4, 0.5) is 5.69 Å². The molecule has 2 aromatic carbocycles. The van der Waals surface area contributed by atoms with E-state index in [2.05, 4.69) is 5.32 Å². The third kappa shape index (κ3) is 3.73. The van der Waals surface area contributed by atoms with E-state index in [-0.39, 0.29) is 18.4 Å². The molecule has 0 fully saturated rings. The topological polar surface area (TPSA) is 49.4 Å². The molecule has 0 bridgehead atoms. The fourth-order valence-corrected chi connectivity index (χ4v) is 2.20. The normalized spacial score (nSPS) is 10.1. The smallest absolute Gasteiger partial charge is 0.254 e. The third-order valence-electron chi connectivity index (χ3n) is 3.62. The van der Waals surface area contributed by atoms with Gasteiger partial charge in [0.1, 0.15) is 0 Å². The predicted octanol–water partition coefficient (Wildman–Crippen LogP) is 3.01. The minimum atomic E-state index is -0.215. The van der Waals surface area contributed by atoms with Gasteiger partial charge in [0.05, 0.1) is 6.54 Å². The molecule has 4 heteroatoms. The van der Waals surface area contributed by atoms with Crippen LogP contribution in [0.1, 0.15) is 21.5 Å². The zero-order valence-corrected chi connectivity index (χ0v) is 13.1. The second kappa shape index (κ2) is 6.89. The Morgan fingerprint density at radius 2 is 1.68 bits per heavy atom. The van der Waals surface area contributed by atoms with Crippen LogP contribution in [-0.4, -0.2) is 30.3 Å². The summed E-state index contributed by atoms with van der Waals surface area (Å²) < 4.78 is 0. The van der Waals surface area contributed by atoms with Crippen LogP contribution in [0.25, 0.3) is 0 Å². The molecule has 2 aromatic rings. The lowest BCUT2D eigenvalue weighted by Crippen LogP contribution is -2.35. The van der Waals surface area contributed by atoms with Crippen LogP contribution in [0.3, 0.4) is 0 Å². The minimum Gasteiger partial charge on any atom is -0.332 e. The summed E-state index contributed by atoms with van der Waals surface area (Å²) in [7, 11) is 1.63. The molecule has 2 rings (SSSR count). The van der Waals surface area contributed by atoms with Crippen LogP contribution in [0.2, 0.25) is 0 Å². The van der Waals surface area contributed by atoms with Gasteiger partial charge in [0.25, 0.3) is 5.91 Å². The van der Waals surface area contributed by atoms with Crippen molar-refractivity contribution in [2.75, 3.05) is 18.9 Å². The second-order valence-corrected chi connectivity index (χ2v) is 5.32. The first-order chi connectivity index (χ1) is 10.5. The molecular weight excluding hydrogens is 276 g/mol. The summed E-state index contributed by atoms with van der Waals surface area (Å²) in [6.07, 6.45) is 0. The zero-order valence-electron chi connectivity index (χ0n) is 13.1. The molecule has 0 spiro atoms. The lowest BCUT2D eigenvalue weighted by Gasteiger charge is -2.18. The summed E-state index contributed by atoms with van der Waals surface area (Å²) in [4.78, 5) is 25.9. The van der Waals surface area contributed by atoms with E-state index in [1.807, 2.05) is 56.3 Å². The van der Waals surface area contributed by atoms with Gasteiger partial charge in [-0.25, -0.2) is 0 Å². The fraction of sp³-hybridized carbons (Fsp3) is 0.222. The average Bonchev–Trinajstić information content (AvgIpc) is 2.50. The van der Waals surface area contributed by atoms with E-state index in [1.54, 1.807) is 13.1 Å². The van der Waals surface area contributed by atoms with E-state index in [1.165, 1.54) is 4.90 Å². The van der Waals surface area contributed by atoms with Crippen molar-refractivity contribution in [1.29, 1.82) is 0 Å². The summed E-state index contributed by atoms with van der Waals surface area (Å²) in [5.41, 5.74) is 3.37. The molecule has 0 aliphatic carbocycles. The lowest BCUT2D eigenvalue weighted by molar-refractivity contribution is -0.116. The monoisotopic (exact) mass is 296 g/mol. The zero-order chi connectivity index (χ0) is 16.1. The molecule has 4 nitrogen and oxygen atoms in total. The summed E-state index contributed by atoms with van der Waals surface area (Å²) in [5, 5.41) is 2.77. The summed E-state index contributed by atoms with van der Waals surface area (Å²) in [6.45, 7) is 3.90. The van der Waals surface area contributed by atoms with E-state index < -0.39 is 0 Å². The number of para-hydroxylation sites is 1. The van der Waals surface area contributed by atoms with Crippen molar-refractivity contribution < 1.29 is 9.59 Å². The fourth-order valence-electron chi connectivity index (χ4n) is 2.20. The number of likely N-dealkylation sites (N-methyl/N-ethyl adjacent to an activating group) is 1. The van der Waals surface area contributed by atoms with Gasteiger partial charge in [-0.3, -0.25) is 9.59 Å². The standard InChI is InChI=1S/C18H20N2O2/c1-13-8-7-11-16(14(13)2)18(22)20(3)12-17(21)19-15-9-5-4-6-10-15/h4-11H,12H2,1-3H3,(H,19,21). The third-order valence-corrected chi connectivity index (χ3v) is 3.62. The Morgan fingerprint density at radius 3 is 2.36 bits per heavy atom. The van der Waals surface area contributed by atoms with Crippen molar-refractivity contribution in [3.05, 3.63) is 65.2 Å². The Bertz CT molecular complexity index is 681. The molecular formula is C18H20N2O2. The van der Waals surface area contributed by atoms with Crippen LogP contribution >= 0.6 is 0 Å². The van der Waals surface area contributed by atoms with Crippen LogP contribution < -0.4 is 5.32 Å². The number of aryl methyl sites for hydroxylation is 1. The molecule has 0 unspecified atom stereocenters. The van der Waals surface area contributed by atoms with Crippen LogP contribution in [0, 0.1) is 13.8 Å². The average molecular weight is 296 g/mol. The Hall–Kier alpha value is -2.62. The van der Waals surface area contributed by atoms with Gasteiger partial charge in [0.15, 0.2) is 0 Å². The van der Waals surface area contributed by atoms with Crippen LogP contribution in [-0.2, 0) is 4.79 Å². The number of anilines is 1. The molecule has 0 saturated heterocycles. The van der Waals surface area contributed by atoms with Crippen molar-refractivity contribution in [3.63, 3.8) is 0 Å². The Kier molecular flexibility index (Phi) is 4.94. The highest BCUT2D eigenvalue weighted by molar-refractivity contribution is 6.00. The molecule has 0 heterocycles. The van der Waals surface area contributed by atoms with Crippen molar-refractivity contribution >= 4 is 17.5 Å². The highest BCUT2D eigenvalue weighted by Gasteiger charge is 2.17. The van der Waals surface area contributed by atoms with Gasteiger partial charge in [0, 0.05) is 18.3 Å². The number of carbonyl (C=O) groups is 2. The number of carbonyl (C=O) groups excluding carboxylic acids is 2. The number of hydrogen-bond donors (Lipinski definition) is 1. The maximum absolute atomic E-state index is 12.5. The molecule has 0 aromatic heterocycles. The van der Waals surface area contributed by atoms with Crippen molar-refractivity contribution in [2.45, 2.75) is 13.8 Å².